The summed E-state index contributed by atoms with van der Waals surface area (Å²) in [4.78, 5) is 15.4. The number of hydrogen-bond acceptors (Lipinski definition) is 4. The molecule has 0 aliphatic carbocycles. The number of allylic oxidation sites excluding steroid dienone is 1. The molecule has 3 aromatic rings. The van der Waals surface area contributed by atoms with Gasteiger partial charge in [0, 0.05) is 11.5 Å². The van der Waals surface area contributed by atoms with Crippen LogP contribution in [-0.4, -0.2) is 12.1 Å². The zero-order chi connectivity index (χ0) is 16.5. The normalized spacial score (nSPS) is 16.0. The molecule has 0 fully saturated rings. The maximum absolute atomic E-state index is 11.8. The van der Waals surface area contributed by atoms with Gasteiger partial charge in [0.25, 0.3) is 0 Å². The van der Waals surface area contributed by atoms with Crippen molar-refractivity contribution in [1.29, 1.82) is 0 Å². The summed E-state index contributed by atoms with van der Waals surface area (Å²) in [6.07, 6.45) is 2.06. The predicted octanol–water partition coefficient (Wildman–Crippen LogP) is 4.01. The van der Waals surface area contributed by atoms with Gasteiger partial charge in [-0.2, -0.15) is 0 Å². The number of hydrogen-bond donors (Lipinski definition) is 1. The Morgan fingerprint density at radius 2 is 1.83 bits per heavy atom. The fourth-order valence-corrected chi connectivity index (χ4v) is 3.66. The molecule has 4 nitrogen and oxygen atoms in total. The number of benzene rings is 2. The molecule has 0 spiro atoms. The van der Waals surface area contributed by atoms with Crippen molar-refractivity contribution in [3.63, 3.8) is 0 Å². The van der Waals surface area contributed by atoms with Crippen LogP contribution < -0.4 is 14.3 Å². The fourth-order valence-electron chi connectivity index (χ4n) is 2.80. The zero-order valence-corrected chi connectivity index (χ0v) is 13.8. The molecule has 0 saturated carbocycles. The van der Waals surface area contributed by atoms with E-state index in [1.807, 2.05) is 42.5 Å². The van der Waals surface area contributed by atoms with Crippen LogP contribution in [-0.2, 0) is 0 Å². The molecule has 0 saturated heterocycles. The Bertz CT molecular complexity index is 939. The third-order valence-corrected chi connectivity index (χ3v) is 4.93. The summed E-state index contributed by atoms with van der Waals surface area (Å²) in [5.41, 5.74) is 2.07. The lowest BCUT2D eigenvalue weighted by Crippen LogP contribution is -2.09. The number of thiazole rings is 1. The highest BCUT2D eigenvalue weighted by molar-refractivity contribution is 7.09. The second kappa shape index (κ2) is 6.02. The number of fused-ring (bicyclic) bond motifs is 1. The summed E-state index contributed by atoms with van der Waals surface area (Å²) < 4.78 is 11.1. The minimum atomic E-state index is -0.106. The first-order valence-corrected chi connectivity index (χ1v) is 8.38. The zero-order valence-electron chi connectivity index (χ0n) is 13.0. The molecule has 2 aromatic carbocycles. The van der Waals surface area contributed by atoms with Crippen molar-refractivity contribution in [2.45, 2.75) is 5.92 Å². The van der Waals surface area contributed by atoms with E-state index in [1.54, 1.807) is 7.11 Å². The molecule has 1 unspecified atom stereocenters. The first kappa shape index (κ1) is 14.8. The van der Waals surface area contributed by atoms with E-state index in [4.69, 9.17) is 9.47 Å². The quantitative estimate of drug-likeness (QED) is 0.785. The average Bonchev–Trinajstić information content (AvgIpc) is 3.02. The molecule has 24 heavy (non-hydrogen) atoms. The van der Waals surface area contributed by atoms with Crippen molar-refractivity contribution in [3.05, 3.63) is 86.3 Å². The molecule has 0 bridgehead atoms. The summed E-state index contributed by atoms with van der Waals surface area (Å²) in [6.45, 7) is 0. The highest BCUT2D eigenvalue weighted by Gasteiger charge is 2.27. The van der Waals surface area contributed by atoms with Gasteiger partial charge in [-0.1, -0.05) is 41.7 Å². The van der Waals surface area contributed by atoms with E-state index < -0.39 is 0 Å². The fraction of sp³-hybridized carbons (Fsp3) is 0.105. The largest absolute Gasteiger partial charge is 0.497 e. The van der Waals surface area contributed by atoms with Crippen LogP contribution in [0.4, 0.5) is 0 Å². The van der Waals surface area contributed by atoms with Crippen LogP contribution >= 0.6 is 11.3 Å². The van der Waals surface area contributed by atoms with Crippen molar-refractivity contribution in [2.24, 2.45) is 0 Å². The van der Waals surface area contributed by atoms with Crippen LogP contribution in [0.5, 0.6) is 11.6 Å². The Kier molecular flexibility index (Phi) is 3.70. The van der Waals surface area contributed by atoms with Crippen molar-refractivity contribution in [2.75, 3.05) is 7.11 Å². The summed E-state index contributed by atoms with van der Waals surface area (Å²) in [5, 5.41) is 0. The minimum absolute atomic E-state index is 0.00370. The van der Waals surface area contributed by atoms with Gasteiger partial charge in [0.15, 0.2) is 0 Å². The highest BCUT2D eigenvalue weighted by Crippen LogP contribution is 2.41. The molecule has 1 aliphatic heterocycles. The molecule has 120 valence electrons. The molecule has 4 rings (SSSR count). The van der Waals surface area contributed by atoms with E-state index >= 15 is 0 Å². The summed E-state index contributed by atoms with van der Waals surface area (Å²) >= 11 is 1.20. The van der Waals surface area contributed by atoms with Crippen molar-refractivity contribution in [1.82, 2.24) is 4.98 Å². The van der Waals surface area contributed by atoms with E-state index in [0.717, 1.165) is 27.5 Å². The number of aromatic amines is 1. The summed E-state index contributed by atoms with van der Waals surface area (Å²) in [7, 11) is 1.64. The lowest BCUT2D eigenvalue weighted by atomic mass is 9.94. The van der Waals surface area contributed by atoms with Gasteiger partial charge in [-0.25, -0.2) is 0 Å². The third kappa shape index (κ3) is 2.63. The Balaban J connectivity index is 1.80. The van der Waals surface area contributed by atoms with E-state index in [1.165, 1.54) is 11.3 Å². The van der Waals surface area contributed by atoms with Crippen LogP contribution in [0, 0.1) is 0 Å². The van der Waals surface area contributed by atoms with Gasteiger partial charge in [-0.15, -0.1) is 0 Å². The van der Waals surface area contributed by atoms with Crippen molar-refractivity contribution in [3.8, 4) is 11.6 Å². The smallest absolute Gasteiger partial charge is 0.307 e. The lowest BCUT2D eigenvalue weighted by molar-refractivity contribution is 0.414. The van der Waals surface area contributed by atoms with Crippen LogP contribution in [0.1, 0.15) is 21.9 Å². The van der Waals surface area contributed by atoms with E-state index in [2.05, 4.69) is 23.2 Å². The van der Waals surface area contributed by atoms with Gasteiger partial charge < -0.3 is 9.47 Å². The molecular weight excluding hydrogens is 322 g/mol. The topological polar surface area (TPSA) is 51.3 Å². The van der Waals surface area contributed by atoms with Gasteiger partial charge in [-0.05, 0) is 35.9 Å². The van der Waals surface area contributed by atoms with Crippen LogP contribution in [0.2, 0.25) is 0 Å². The first-order chi connectivity index (χ1) is 11.7. The number of rotatable bonds is 3. The van der Waals surface area contributed by atoms with Crippen LogP contribution in [0.3, 0.4) is 0 Å². The monoisotopic (exact) mass is 337 g/mol. The SMILES string of the molecule is COc1ccc(C2=CC(c3ccccc3)c3sc(=O)[nH]c3O2)cc1. The number of ether oxygens (including phenoxy) is 2. The molecule has 1 N–H and O–H groups in total. The Morgan fingerprint density at radius 3 is 2.54 bits per heavy atom. The minimum Gasteiger partial charge on any atom is -0.497 e. The van der Waals surface area contributed by atoms with Crippen LogP contribution in [0.15, 0.2) is 65.5 Å². The molecule has 1 aromatic heterocycles. The predicted molar refractivity (Wildman–Crippen MR) is 94.8 cm³/mol. The van der Waals surface area contributed by atoms with Gasteiger partial charge in [0.1, 0.15) is 11.5 Å². The number of aromatic nitrogens is 1. The molecule has 1 atom stereocenters. The van der Waals surface area contributed by atoms with E-state index in [-0.39, 0.29) is 10.8 Å². The maximum Gasteiger partial charge on any atom is 0.307 e. The van der Waals surface area contributed by atoms with Crippen molar-refractivity contribution >= 4 is 17.1 Å². The van der Waals surface area contributed by atoms with Crippen LogP contribution in [0.25, 0.3) is 5.76 Å². The number of methoxy groups -OCH3 is 1. The Morgan fingerprint density at radius 1 is 1.08 bits per heavy atom. The van der Waals surface area contributed by atoms with Gasteiger partial charge in [0.2, 0.25) is 5.88 Å². The molecule has 1 aliphatic rings. The highest BCUT2D eigenvalue weighted by atomic mass is 32.1. The number of nitrogens with one attached hydrogen (secondary N) is 1. The molecule has 2 heterocycles. The van der Waals surface area contributed by atoms with Gasteiger partial charge in [-0.3, -0.25) is 9.78 Å². The Hall–Kier alpha value is -2.79. The van der Waals surface area contributed by atoms with Gasteiger partial charge in [0.05, 0.1) is 12.0 Å². The summed E-state index contributed by atoms with van der Waals surface area (Å²) in [5.74, 6) is 2.05. The first-order valence-electron chi connectivity index (χ1n) is 7.56. The molecule has 0 amide bonds. The number of H-pyrrole nitrogens is 1. The van der Waals surface area contributed by atoms with E-state index in [0.29, 0.717) is 5.88 Å². The average molecular weight is 337 g/mol. The second-order valence-corrected chi connectivity index (χ2v) is 6.47. The molecule has 0 radical (unpaired) electrons. The van der Waals surface area contributed by atoms with Crippen molar-refractivity contribution < 1.29 is 9.47 Å². The summed E-state index contributed by atoms with van der Waals surface area (Å²) in [6, 6.07) is 17.8. The third-order valence-electron chi connectivity index (χ3n) is 3.99. The molecule has 5 heteroatoms. The standard InChI is InChI=1S/C19H15NO3S/c1-22-14-9-7-13(8-10-14)16-11-15(12-5-3-2-4-6-12)17-18(23-16)20-19(21)24-17/h2-11,15H,1H3,(H,20,21). The Labute approximate surface area is 143 Å². The van der Waals surface area contributed by atoms with E-state index in [9.17, 15) is 4.79 Å². The van der Waals surface area contributed by atoms with Gasteiger partial charge >= 0.3 is 4.87 Å². The molecular formula is C19H15NO3S. The second-order valence-electron chi connectivity index (χ2n) is 5.46. The maximum atomic E-state index is 11.8. The lowest BCUT2D eigenvalue weighted by Gasteiger charge is -2.22.